The molecule has 5 saturated carbocycles. The highest BCUT2D eigenvalue weighted by Crippen LogP contribution is 2.77. The third kappa shape index (κ3) is 1.18. The lowest BCUT2D eigenvalue weighted by Crippen LogP contribution is -2.28. The number of hydrogen-bond acceptors (Lipinski definition) is 0. The molecule has 0 bridgehead atoms. The Morgan fingerprint density at radius 2 is 0.944 bits per heavy atom. The van der Waals surface area contributed by atoms with Crippen LogP contribution < -0.4 is 0 Å². The Morgan fingerprint density at radius 3 is 1.39 bits per heavy atom. The summed E-state index contributed by atoms with van der Waals surface area (Å²) in [5.74, 6) is 7.97. The van der Waals surface area contributed by atoms with Crippen molar-refractivity contribution in [3.05, 3.63) is 0 Å². The van der Waals surface area contributed by atoms with Crippen LogP contribution in [-0.4, -0.2) is 19.3 Å². The predicted octanol–water partition coefficient (Wildman–Crippen LogP) is 4.82. The molecule has 18 heavy (non-hydrogen) atoms. The predicted molar refractivity (Wildman–Crippen MR) is 88.0 cm³/mol. The Morgan fingerprint density at radius 1 is 0.500 bits per heavy atom. The lowest BCUT2D eigenvalue weighted by atomic mass is 9.88. The standard InChI is InChI=1S/C14H16Br4/c15-11-4-1-3-2-5-8-6(3)7(4)9(13(11)17)10(8)14(18)12(5)16/h3-14H,1-2H2/t3?,4-,5+,6?,7-,8+,9-,10+,11-,12+,13-,14+. The van der Waals surface area contributed by atoms with E-state index in [-0.39, 0.29) is 0 Å². The van der Waals surface area contributed by atoms with Gasteiger partial charge in [0.15, 0.2) is 0 Å². The zero-order valence-corrected chi connectivity index (χ0v) is 16.2. The van der Waals surface area contributed by atoms with Crippen LogP contribution in [0.2, 0.25) is 0 Å². The van der Waals surface area contributed by atoms with Crippen molar-refractivity contribution >= 4 is 63.7 Å². The van der Waals surface area contributed by atoms with Crippen LogP contribution in [-0.2, 0) is 0 Å². The Balaban J connectivity index is 1.66. The van der Waals surface area contributed by atoms with Crippen molar-refractivity contribution in [3.8, 4) is 0 Å². The van der Waals surface area contributed by atoms with Crippen molar-refractivity contribution in [2.24, 2.45) is 47.3 Å². The summed E-state index contributed by atoms with van der Waals surface area (Å²) in [6.45, 7) is 0. The van der Waals surface area contributed by atoms with E-state index in [0.717, 1.165) is 57.0 Å². The van der Waals surface area contributed by atoms with Gasteiger partial charge >= 0.3 is 0 Å². The molecule has 4 heteroatoms. The quantitative estimate of drug-likeness (QED) is 0.416. The van der Waals surface area contributed by atoms with E-state index in [1.165, 1.54) is 12.8 Å². The molecule has 5 aliphatic carbocycles. The molecule has 0 heterocycles. The molecule has 0 N–H and O–H groups in total. The van der Waals surface area contributed by atoms with Crippen molar-refractivity contribution in [2.45, 2.75) is 32.2 Å². The fraction of sp³-hybridized carbons (Fsp3) is 1.00. The average Bonchev–Trinajstić information content (AvgIpc) is 3.05. The molecule has 12 atom stereocenters. The third-order valence-corrected chi connectivity index (χ3v) is 13.3. The van der Waals surface area contributed by atoms with Crippen molar-refractivity contribution in [3.63, 3.8) is 0 Å². The first-order valence-corrected chi connectivity index (χ1v) is 10.8. The summed E-state index contributed by atoms with van der Waals surface area (Å²) in [4.78, 5) is 2.88. The van der Waals surface area contributed by atoms with Crippen molar-refractivity contribution < 1.29 is 0 Å². The van der Waals surface area contributed by atoms with Gasteiger partial charge in [-0.25, -0.2) is 0 Å². The van der Waals surface area contributed by atoms with Crippen LogP contribution in [0.25, 0.3) is 0 Å². The molecule has 5 rings (SSSR count). The number of hydrogen-bond donors (Lipinski definition) is 0. The highest BCUT2D eigenvalue weighted by atomic mass is 79.9. The summed E-state index contributed by atoms with van der Waals surface area (Å²) < 4.78 is 0. The maximum Gasteiger partial charge on any atom is 0.0308 e. The van der Waals surface area contributed by atoms with E-state index in [1.807, 2.05) is 0 Å². The maximum atomic E-state index is 4.05. The molecule has 5 fully saturated rings. The summed E-state index contributed by atoms with van der Waals surface area (Å²) >= 11 is 16.1. The first-order chi connectivity index (χ1) is 8.61. The third-order valence-electron chi connectivity index (χ3n) is 7.07. The van der Waals surface area contributed by atoms with Crippen LogP contribution in [0, 0.1) is 47.3 Å². The molecule has 0 spiro atoms. The van der Waals surface area contributed by atoms with Crippen LogP contribution in [0.15, 0.2) is 0 Å². The Hall–Kier alpha value is 1.92. The average molecular weight is 504 g/mol. The molecule has 100 valence electrons. The molecular weight excluding hydrogens is 488 g/mol. The SMILES string of the molecule is Br[C@@H]1[C@@H](Br)[C@H]2[C@@H]3C4C(C[C@H]13)C[C@H]1[C@@H](Br)[C@H](Br)[C@@H]2[C@@H]41. The monoisotopic (exact) mass is 500 g/mol. The molecule has 0 aromatic carbocycles. The zero-order chi connectivity index (χ0) is 12.3. The van der Waals surface area contributed by atoms with Gasteiger partial charge in [0.2, 0.25) is 0 Å². The van der Waals surface area contributed by atoms with E-state index in [2.05, 4.69) is 63.7 Å². The van der Waals surface area contributed by atoms with Gasteiger partial charge in [0.1, 0.15) is 0 Å². The molecule has 0 nitrogen and oxygen atoms in total. The second-order valence-corrected chi connectivity index (χ2v) is 11.5. The van der Waals surface area contributed by atoms with Gasteiger partial charge in [0.05, 0.1) is 0 Å². The highest BCUT2D eigenvalue weighted by Gasteiger charge is 2.74. The van der Waals surface area contributed by atoms with Crippen LogP contribution in [0.5, 0.6) is 0 Å². The largest absolute Gasteiger partial charge is 0.0875 e. The fourth-order valence-electron chi connectivity index (χ4n) is 6.91. The Kier molecular flexibility index (Phi) is 2.64. The maximum absolute atomic E-state index is 4.05. The van der Waals surface area contributed by atoms with Crippen molar-refractivity contribution in [1.82, 2.24) is 0 Å². The van der Waals surface area contributed by atoms with Gasteiger partial charge in [0, 0.05) is 19.3 Å². The first kappa shape index (κ1) is 12.5. The minimum Gasteiger partial charge on any atom is -0.0875 e. The number of alkyl halides is 4. The molecular formula is C14H16Br4. The molecule has 2 unspecified atom stereocenters. The summed E-state index contributed by atoms with van der Waals surface area (Å²) in [7, 11) is 0. The van der Waals surface area contributed by atoms with Crippen LogP contribution in [0.4, 0.5) is 0 Å². The van der Waals surface area contributed by atoms with Crippen molar-refractivity contribution in [2.75, 3.05) is 0 Å². The number of rotatable bonds is 0. The molecule has 0 amide bonds. The van der Waals surface area contributed by atoms with Gasteiger partial charge in [-0.2, -0.15) is 0 Å². The second-order valence-electron chi connectivity index (χ2n) is 7.22. The molecule has 0 radical (unpaired) electrons. The van der Waals surface area contributed by atoms with Crippen LogP contribution in [0.3, 0.4) is 0 Å². The zero-order valence-electron chi connectivity index (χ0n) is 9.85. The van der Waals surface area contributed by atoms with Crippen molar-refractivity contribution in [1.29, 1.82) is 0 Å². The van der Waals surface area contributed by atoms with Gasteiger partial charge < -0.3 is 0 Å². The smallest absolute Gasteiger partial charge is 0.0308 e. The van der Waals surface area contributed by atoms with Gasteiger partial charge in [-0.3, -0.25) is 0 Å². The van der Waals surface area contributed by atoms with Gasteiger partial charge in [-0.05, 0) is 60.2 Å². The lowest BCUT2D eigenvalue weighted by molar-refractivity contribution is 0.310. The van der Waals surface area contributed by atoms with E-state index in [9.17, 15) is 0 Å². The highest BCUT2D eigenvalue weighted by molar-refractivity contribution is 9.12. The minimum absolute atomic E-state index is 0.711. The molecule has 0 saturated heterocycles. The Labute approximate surface area is 142 Å². The van der Waals surface area contributed by atoms with Gasteiger partial charge in [-0.1, -0.05) is 63.7 Å². The molecule has 5 aliphatic rings. The fourth-order valence-corrected chi connectivity index (χ4v) is 10.9. The van der Waals surface area contributed by atoms with Gasteiger partial charge in [0.25, 0.3) is 0 Å². The molecule has 0 aromatic rings. The lowest BCUT2D eigenvalue weighted by Gasteiger charge is -2.25. The summed E-state index contributed by atoms with van der Waals surface area (Å²) in [5, 5.41) is 0. The first-order valence-electron chi connectivity index (χ1n) is 7.17. The summed E-state index contributed by atoms with van der Waals surface area (Å²) in [5.41, 5.74) is 0. The van der Waals surface area contributed by atoms with E-state index < -0.39 is 0 Å². The van der Waals surface area contributed by atoms with E-state index in [0.29, 0.717) is 9.65 Å². The van der Waals surface area contributed by atoms with E-state index >= 15 is 0 Å². The van der Waals surface area contributed by atoms with Crippen LogP contribution >= 0.6 is 63.7 Å². The second kappa shape index (κ2) is 3.81. The van der Waals surface area contributed by atoms with E-state index in [4.69, 9.17) is 0 Å². The van der Waals surface area contributed by atoms with Crippen LogP contribution in [0.1, 0.15) is 12.8 Å². The Bertz CT molecular complexity index is 377. The normalized spacial score (nSPS) is 75.3. The molecule has 0 aliphatic heterocycles. The van der Waals surface area contributed by atoms with Gasteiger partial charge in [-0.15, -0.1) is 0 Å². The molecule has 0 aromatic heterocycles. The number of fused-ring (bicyclic) bond motifs is 1. The topological polar surface area (TPSA) is 0 Å². The summed E-state index contributed by atoms with van der Waals surface area (Å²) in [6.07, 6.45) is 3.02. The number of halogens is 4. The van der Waals surface area contributed by atoms with E-state index in [1.54, 1.807) is 0 Å². The summed E-state index contributed by atoms with van der Waals surface area (Å²) in [6, 6.07) is 0. The minimum atomic E-state index is 0.711.